The van der Waals surface area contributed by atoms with Gasteiger partial charge in [-0.05, 0) is 35.4 Å². The first kappa shape index (κ1) is 22.0. The highest BCUT2D eigenvalue weighted by Crippen LogP contribution is 2.22. The first-order valence-corrected chi connectivity index (χ1v) is 9.42. The van der Waals surface area contributed by atoms with E-state index in [0.717, 1.165) is 0 Å². The van der Waals surface area contributed by atoms with Crippen LogP contribution in [0.25, 0.3) is 11.0 Å². The molecule has 3 N–H and O–H groups in total. The average Bonchev–Trinajstić information content (AvgIpc) is 2.76. The van der Waals surface area contributed by atoms with E-state index in [0.29, 0.717) is 22.3 Å². The molecule has 9 heteroatoms. The van der Waals surface area contributed by atoms with Crippen LogP contribution in [-0.2, 0) is 22.6 Å². The molecule has 0 radical (unpaired) electrons. The third kappa shape index (κ3) is 5.67. The van der Waals surface area contributed by atoms with E-state index < -0.39 is 35.9 Å². The minimum atomic E-state index is -1.18. The van der Waals surface area contributed by atoms with Gasteiger partial charge >= 0.3 is 5.63 Å². The summed E-state index contributed by atoms with van der Waals surface area (Å²) in [6.07, 6.45) is -0.198. The number of hydrogen-bond donors (Lipinski definition) is 3. The Morgan fingerprint density at radius 3 is 2.58 bits per heavy atom. The predicted octanol–water partition coefficient (Wildman–Crippen LogP) is 1.28. The Labute approximate surface area is 176 Å². The summed E-state index contributed by atoms with van der Waals surface area (Å²) in [5, 5.41) is 15.1. The van der Waals surface area contributed by atoms with Crippen molar-refractivity contribution in [2.45, 2.75) is 19.0 Å². The zero-order valence-corrected chi connectivity index (χ0v) is 16.7. The lowest BCUT2D eigenvalue weighted by molar-refractivity contribution is -0.129. The molecule has 3 aromatic rings. The highest BCUT2D eigenvalue weighted by molar-refractivity contribution is 5.91. The zero-order valence-electron chi connectivity index (χ0n) is 16.7. The van der Waals surface area contributed by atoms with Crippen LogP contribution in [-0.4, -0.2) is 36.7 Å². The Morgan fingerprint density at radius 2 is 1.90 bits per heavy atom. The number of carbonyl (C=O) groups is 2. The molecule has 0 aliphatic rings. The second-order valence-electron chi connectivity index (χ2n) is 6.78. The van der Waals surface area contributed by atoms with Crippen molar-refractivity contribution in [2.24, 2.45) is 0 Å². The van der Waals surface area contributed by atoms with Gasteiger partial charge in [-0.1, -0.05) is 12.1 Å². The average molecular weight is 428 g/mol. The van der Waals surface area contributed by atoms with Crippen LogP contribution in [0.2, 0.25) is 0 Å². The molecule has 2 aromatic carbocycles. The highest BCUT2D eigenvalue weighted by Gasteiger charge is 2.20. The Morgan fingerprint density at radius 1 is 1.16 bits per heavy atom. The van der Waals surface area contributed by atoms with E-state index in [1.54, 1.807) is 12.1 Å². The highest BCUT2D eigenvalue weighted by atomic mass is 19.1. The molecular formula is C22H21FN2O6. The Hall–Kier alpha value is -3.72. The molecule has 0 fully saturated rings. The van der Waals surface area contributed by atoms with Crippen LogP contribution in [0, 0.1) is 5.82 Å². The minimum absolute atomic E-state index is 0.109. The predicted molar refractivity (Wildman–Crippen MR) is 110 cm³/mol. The SMILES string of the molecule is COc1ccc2c(CC(=O)NC(CO)C(=O)NCc3ccc(F)cc3)cc(=O)oc2c1. The number of methoxy groups -OCH3 is 1. The van der Waals surface area contributed by atoms with Gasteiger partial charge in [0.2, 0.25) is 11.8 Å². The monoisotopic (exact) mass is 428 g/mol. The molecule has 31 heavy (non-hydrogen) atoms. The molecule has 1 heterocycles. The second kappa shape index (κ2) is 9.86. The lowest BCUT2D eigenvalue weighted by atomic mass is 10.1. The number of halogens is 1. The summed E-state index contributed by atoms with van der Waals surface area (Å²) >= 11 is 0. The van der Waals surface area contributed by atoms with Gasteiger partial charge in [-0.25, -0.2) is 9.18 Å². The molecule has 8 nitrogen and oxygen atoms in total. The normalized spacial score (nSPS) is 11.7. The molecule has 3 rings (SSSR count). The Balaban J connectivity index is 1.66. The third-order valence-electron chi connectivity index (χ3n) is 4.60. The molecule has 1 unspecified atom stereocenters. The lowest BCUT2D eigenvalue weighted by Gasteiger charge is -2.16. The van der Waals surface area contributed by atoms with Crippen molar-refractivity contribution in [3.05, 3.63) is 75.9 Å². The standard InChI is InChI=1S/C22H21FN2O6/c1-30-16-6-7-17-14(9-21(28)31-19(17)10-16)8-20(27)25-18(12-26)22(29)24-11-13-2-4-15(23)5-3-13/h2-7,9-10,18,26H,8,11-12H2,1H3,(H,24,29)(H,25,27). The molecule has 0 saturated heterocycles. The van der Waals surface area contributed by atoms with Crippen LogP contribution in [0.4, 0.5) is 4.39 Å². The van der Waals surface area contributed by atoms with Crippen LogP contribution in [0.15, 0.2) is 57.7 Å². The summed E-state index contributed by atoms with van der Waals surface area (Å²) < 4.78 is 23.2. The minimum Gasteiger partial charge on any atom is -0.497 e. The van der Waals surface area contributed by atoms with Gasteiger partial charge < -0.3 is 24.9 Å². The van der Waals surface area contributed by atoms with Crippen LogP contribution in [0.3, 0.4) is 0 Å². The molecule has 0 aliphatic heterocycles. The quantitative estimate of drug-likeness (QED) is 0.465. The summed E-state index contributed by atoms with van der Waals surface area (Å²) in [5.74, 6) is -1.05. The summed E-state index contributed by atoms with van der Waals surface area (Å²) in [6, 6.07) is 10.5. The number of hydrogen-bond acceptors (Lipinski definition) is 6. The first-order chi connectivity index (χ1) is 14.9. The van der Waals surface area contributed by atoms with E-state index in [9.17, 15) is 23.9 Å². The fourth-order valence-corrected chi connectivity index (χ4v) is 3.01. The van der Waals surface area contributed by atoms with Crippen LogP contribution < -0.4 is 21.0 Å². The van der Waals surface area contributed by atoms with Crippen LogP contribution >= 0.6 is 0 Å². The van der Waals surface area contributed by atoms with Crippen molar-refractivity contribution in [1.82, 2.24) is 10.6 Å². The lowest BCUT2D eigenvalue weighted by Crippen LogP contribution is -2.49. The summed E-state index contributed by atoms with van der Waals surface area (Å²) in [4.78, 5) is 36.6. The van der Waals surface area contributed by atoms with Crippen molar-refractivity contribution in [3.63, 3.8) is 0 Å². The largest absolute Gasteiger partial charge is 0.497 e. The Bertz CT molecular complexity index is 1140. The van der Waals surface area contributed by atoms with Gasteiger partial charge in [0, 0.05) is 24.1 Å². The van der Waals surface area contributed by atoms with E-state index in [4.69, 9.17) is 9.15 Å². The summed E-state index contributed by atoms with van der Waals surface area (Å²) in [6.45, 7) is -0.506. The van der Waals surface area contributed by atoms with Crippen molar-refractivity contribution >= 4 is 22.8 Å². The number of benzene rings is 2. The van der Waals surface area contributed by atoms with Gasteiger partial charge in [0.25, 0.3) is 0 Å². The molecule has 0 bridgehead atoms. The fraction of sp³-hybridized carbons (Fsp3) is 0.227. The maximum atomic E-state index is 13.0. The Kier molecular flexibility index (Phi) is 6.99. The summed E-state index contributed by atoms with van der Waals surface area (Å²) in [7, 11) is 1.48. The van der Waals surface area contributed by atoms with E-state index in [2.05, 4.69) is 10.6 Å². The van der Waals surface area contributed by atoms with Gasteiger partial charge in [0.05, 0.1) is 20.1 Å². The number of amides is 2. The fourth-order valence-electron chi connectivity index (χ4n) is 3.01. The topological polar surface area (TPSA) is 118 Å². The molecule has 0 aliphatic carbocycles. The number of rotatable bonds is 8. The van der Waals surface area contributed by atoms with Gasteiger partial charge in [0.1, 0.15) is 23.2 Å². The molecule has 0 saturated carbocycles. The van der Waals surface area contributed by atoms with Gasteiger partial charge in [-0.3, -0.25) is 9.59 Å². The molecule has 1 atom stereocenters. The molecular weight excluding hydrogens is 407 g/mol. The van der Waals surface area contributed by atoms with Crippen molar-refractivity contribution < 1.29 is 28.2 Å². The number of fused-ring (bicyclic) bond motifs is 1. The summed E-state index contributed by atoms with van der Waals surface area (Å²) in [5.41, 5.74) is 0.718. The second-order valence-corrected chi connectivity index (χ2v) is 6.78. The van der Waals surface area contributed by atoms with Crippen molar-refractivity contribution in [2.75, 3.05) is 13.7 Å². The molecule has 162 valence electrons. The van der Waals surface area contributed by atoms with Crippen LogP contribution in [0.5, 0.6) is 5.75 Å². The first-order valence-electron chi connectivity index (χ1n) is 9.42. The third-order valence-corrected chi connectivity index (χ3v) is 4.60. The number of nitrogens with one attached hydrogen (secondary N) is 2. The number of aliphatic hydroxyl groups excluding tert-OH is 1. The zero-order chi connectivity index (χ0) is 22.4. The van der Waals surface area contributed by atoms with E-state index in [1.165, 1.54) is 43.5 Å². The molecule has 1 aromatic heterocycles. The smallest absolute Gasteiger partial charge is 0.336 e. The van der Waals surface area contributed by atoms with E-state index in [1.807, 2.05) is 0 Å². The van der Waals surface area contributed by atoms with Crippen LogP contribution in [0.1, 0.15) is 11.1 Å². The number of ether oxygens (including phenoxy) is 1. The maximum absolute atomic E-state index is 13.0. The molecule has 2 amide bonds. The number of aliphatic hydroxyl groups is 1. The van der Waals surface area contributed by atoms with E-state index >= 15 is 0 Å². The number of carbonyl (C=O) groups excluding carboxylic acids is 2. The van der Waals surface area contributed by atoms with Gasteiger partial charge in [-0.2, -0.15) is 0 Å². The maximum Gasteiger partial charge on any atom is 0.336 e. The van der Waals surface area contributed by atoms with Crippen molar-refractivity contribution in [3.8, 4) is 5.75 Å². The van der Waals surface area contributed by atoms with Crippen molar-refractivity contribution in [1.29, 1.82) is 0 Å². The molecule has 0 spiro atoms. The van der Waals surface area contributed by atoms with Gasteiger partial charge in [0.15, 0.2) is 0 Å². The van der Waals surface area contributed by atoms with E-state index in [-0.39, 0.29) is 18.5 Å². The van der Waals surface area contributed by atoms with Gasteiger partial charge in [-0.15, -0.1) is 0 Å².